The van der Waals surface area contributed by atoms with Crippen molar-refractivity contribution in [1.82, 2.24) is 9.80 Å². The minimum absolute atomic E-state index is 0.0532. The van der Waals surface area contributed by atoms with Crippen LogP contribution in [0.3, 0.4) is 0 Å². The summed E-state index contributed by atoms with van der Waals surface area (Å²) in [6.45, 7) is 8.17. The lowest BCUT2D eigenvalue weighted by molar-refractivity contribution is -0.153. The van der Waals surface area contributed by atoms with Gasteiger partial charge >= 0.3 is 0 Å². The SMILES string of the molecule is CC(=O)C1=C(O)[C@@]2(O)C(=O)C3=C(O)c4c(O)c5c(c(Cl)c4C[C@H]3C[C@H]2[C@H](N(C)C)C1=O)CN(C(C)(C)C)C5. The first kappa shape index (κ1) is 26.9. The highest BCUT2D eigenvalue weighted by Crippen LogP contribution is 2.55. The fourth-order valence-electron chi connectivity index (χ4n) is 6.79. The summed E-state index contributed by atoms with van der Waals surface area (Å²) in [6.07, 6.45) is 0.258. The maximum Gasteiger partial charge on any atom is 0.202 e. The van der Waals surface area contributed by atoms with E-state index in [2.05, 4.69) is 25.7 Å². The monoisotopic (exact) mass is 544 g/mol. The molecule has 38 heavy (non-hydrogen) atoms. The number of halogens is 1. The van der Waals surface area contributed by atoms with Crippen molar-refractivity contribution in [2.45, 2.75) is 70.8 Å². The molecule has 3 aliphatic carbocycles. The van der Waals surface area contributed by atoms with Crippen LogP contribution in [0.2, 0.25) is 5.02 Å². The van der Waals surface area contributed by atoms with Gasteiger partial charge in [-0.15, -0.1) is 0 Å². The van der Waals surface area contributed by atoms with E-state index in [1.54, 1.807) is 14.1 Å². The Labute approximate surface area is 226 Å². The number of carbonyl (C=O) groups is 3. The summed E-state index contributed by atoms with van der Waals surface area (Å²) < 4.78 is 0. The molecule has 1 heterocycles. The van der Waals surface area contributed by atoms with Gasteiger partial charge in [0.05, 0.1) is 11.6 Å². The number of phenols is 1. The van der Waals surface area contributed by atoms with Gasteiger partial charge < -0.3 is 20.4 Å². The smallest absolute Gasteiger partial charge is 0.202 e. The van der Waals surface area contributed by atoms with Gasteiger partial charge in [0.15, 0.2) is 17.2 Å². The highest BCUT2D eigenvalue weighted by Gasteiger charge is 2.64. The molecule has 0 radical (unpaired) electrons. The second-order valence-electron chi connectivity index (χ2n) is 12.2. The van der Waals surface area contributed by atoms with Crippen LogP contribution in [-0.4, -0.2) is 78.9 Å². The van der Waals surface area contributed by atoms with Crippen molar-refractivity contribution in [3.63, 3.8) is 0 Å². The van der Waals surface area contributed by atoms with Crippen molar-refractivity contribution >= 4 is 34.7 Å². The molecule has 0 unspecified atom stereocenters. The Bertz CT molecular complexity index is 1390. The molecule has 10 heteroatoms. The number of rotatable bonds is 2. The van der Waals surface area contributed by atoms with Crippen molar-refractivity contribution in [1.29, 1.82) is 0 Å². The van der Waals surface area contributed by atoms with Crippen LogP contribution in [0.4, 0.5) is 0 Å². The zero-order chi connectivity index (χ0) is 28.2. The molecule has 0 spiro atoms. The molecular formula is C28H33ClN2O7. The minimum atomic E-state index is -2.58. The molecule has 1 aromatic carbocycles. The lowest BCUT2D eigenvalue weighted by atomic mass is 9.57. The van der Waals surface area contributed by atoms with Crippen molar-refractivity contribution < 1.29 is 34.8 Å². The van der Waals surface area contributed by atoms with E-state index in [0.29, 0.717) is 29.2 Å². The van der Waals surface area contributed by atoms with Crippen LogP contribution in [0.1, 0.15) is 56.4 Å². The second kappa shape index (κ2) is 8.39. The van der Waals surface area contributed by atoms with Crippen LogP contribution >= 0.6 is 11.6 Å². The highest BCUT2D eigenvalue weighted by molar-refractivity contribution is 6.33. The van der Waals surface area contributed by atoms with Gasteiger partial charge in [0.1, 0.15) is 22.8 Å². The van der Waals surface area contributed by atoms with Crippen molar-refractivity contribution in [3.8, 4) is 5.75 Å². The number of ketones is 3. The lowest BCUT2D eigenvalue weighted by Crippen LogP contribution is -2.65. The van der Waals surface area contributed by atoms with Gasteiger partial charge in [-0.1, -0.05) is 11.6 Å². The Balaban J connectivity index is 1.71. The normalized spacial score (nSPS) is 29.4. The molecule has 0 amide bonds. The predicted molar refractivity (Wildman–Crippen MR) is 140 cm³/mol. The number of hydrogen-bond acceptors (Lipinski definition) is 9. The predicted octanol–water partition coefficient (Wildman–Crippen LogP) is 2.84. The van der Waals surface area contributed by atoms with Gasteiger partial charge in [-0.25, -0.2) is 0 Å². The van der Waals surface area contributed by atoms with Crippen LogP contribution < -0.4 is 0 Å². The number of aliphatic hydroxyl groups excluding tert-OH is 2. The van der Waals surface area contributed by atoms with Gasteiger partial charge in [0, 0.05) is 40.7 Å². The number of phenolic OH excluding ortho intramolecular Hbond substituents is 1. The number of aromatic hydroxyl groups is 1. The van der Waals surface area contributed by atoms with E-state index in [1.165, 1.54) is 4.90 Å². The highest BCUT2D eigenvalue weighted by atomic mass is 35.5. The Morgan fingerprint density at radius 1 is 1.08 bits per heavy atom. The first-order valence-corrected chi connectivity index (χ1v) is 13.1. The molecular weight excluding hydrogens is 512 g/mol. The van der Waals surface area contributed by atoms with E-state index in [-0.39, 0.29) is 35.3 Å². The van der Waals surface area contributed by atoms with E-state index in [9.17, 15) is 34.8 Å². The number of aliphatic hydroxyl groups is 3. The Kier molecular flexibility index (Phi) is 5.93. The summed E-state index contributed by atoms with van der Waals surface area (Å²) in [7, 11) is 3.21. The fourth-order valence-corrected chi connectivity index (χ4v) is 7.13. The Morgan fingerprint density at radius 3 is 2.24 bits per heavy atom. The van der Waals surface area contributed by atoms with Crippen molar-refractivity contribution in [2.24, 2.45) is 11.8 Å². The quantitative estimate of drug-likeness (QED) is 0.414. The van der Waals surface area contributed by atoms with Gasteiger partial charge in [-0.2, -0.15) is 0 Å². The lowest BCUT2D eigenvalue weighted by Gasteiger charge is -2.50. The molecule has 4 atom stereocenters. The van der Waals surface area contributed by atoms with Crippen LogP contribution in [0.25, 0.3) is 5.76 Å². The van der Waals surface area contributed by atoms with E-state index >= 15 is 0 Å². The van der Waals surface area contributed by atoms with Crippen LogP contribution in [0.15, 0.2) is 16.9 Å². The average Bonchev–Trinajstić information content (AvgIpc) is 3.26. The zero-order valence-corrected chi connectivity index (χ0v) is 23.1. The molecule has 1 aromatic rings. The summed E-state index contributed by atoms with van der Waals surface area (Å²) in [4.78, 5) is 43.2. The number of benzene rings is 1. The first-order chi connectivity index (χ1) is 17.5. The van der Waals surface area contributed by atoms with E-state index < -0.39 is 57.9 Å². The van der Waals surface area contributed by atoms with Crippen molar-refractivity contribution in [3.05, 3.63) is 44.2 Å². The number of carbonyl (C=O) groups excluding carboxylic acids is 3. The Morgan fingerprint density at radius 2 is 1.68 bits per heavy atom. The summed E-state index contributed by atoms with van der Waals surface area (Å²) in [5, 5.41) is 46.0. The fraction of sp³-hybridized carbons (Fsp3) is 0.536. The molecule has 1 fully saturated rings. The molecule has 1 saturated carbocycles. The summed E-state index contributed by atoms with van der Waals surface area (Å²) in [5.74, 6) is -5.75. The number of fused-ring (bicyclic) bond motifs is 4. The molecule has 0 bridgehead atoms. The number of hydrogen-bond donors (Lipinski definition) is 4. The number of Topliss-reactive ketones (excluding diaryl/α,β-unsaturated/α-hetero) is 3. The van der Waals surface area contributed by atoms with Gasteiger partial charge in [-0.05, 0) is 71.7 Å². The maximum atomic E-state index is 14.0. The molecule has 0 aromatic heterocycles. The second-order valence-corrected chi connectivity index (χ2v) is 12.5. The summed E-state index contributed by atoms with van der Waals surface area (Å²) in [5.41, 5.74) is -1.63. The largest absolute Gasteiger partial charge is 0.508 e. The van der Waals surface area contributed by atoms with Crippen molar-refractivity contribution in [2.75, 3.05) is 14.1 Å². The van der Waals surface area contributed by atoms with Crippen LogP contribution in [0.5, 0.6) is 5.75 Å². The van der Waals surface area contributed by atoms with Crippen LogP contribution in [-0.2, 0) is 33.9 Å². The summed E-state index contributed by atoms with van der Waals surface area (Å²) in [6, 6.07) is -1.05. The number of likely N-dealkylation sites (N-methyl/N-ethyl adjacent to an activating group) is 1. The average molecular weight is 545 g/mol. The summed E-state index contributed by atoms with van der Waals surface area (Å²) >= 11 is 6.88. The molecule has 9 nitrogen and oxygen atoms in total. The van der Waals surface area contributed by atoms with Gasteiger partial charge in [-0.3, -0.25) is 24.2 Å². The molecule has 4 N–H and O–H groups in total. The van der Waals surface area contributed by atoms with E-state index in [0.717, 1.165) is 12.5 Å². The zero-order valence-electron chi connectivity index (χ0n) is 22.3. The van der Waals surface area contributed by atoms with Gasteiger partial charge in [0.25, 0.3) is 0 Å². The molecule has 1 aliphatic heterocycles. The third-order valence-corrected chi connectivity index (χ3v) is 9.24. The first-order valence-electron chi connectivity index (χ1n) is 12.7. The number of nitrogens with zero attached hydrogens (tertiary/aromatic N) is 2. The van der Waals surface area contributed by atoms with Crippen LogP contribution in [0, 0.1) is 11.8 Å². The molecule has 0 saturated heterocycles. The van der Waals surface area contributed by atoms with E-state index in [4.69, 9.17) is 11.6 Å². The molecule has 4 aliphatic rings. The Hall–Kier alpha value is -2.72. The molecule has 5 rings (SSSR count). The van der Waals surface area contributed by atoms with E-state index in [1.807, 2.05) is 0 Å². The van der Waals surface area contributed by atoms with Gasteiger partial charge in [0.2, 0.25) is 5.78 Å². The molecule has 204 valence electrons. The standard InChI is InChI=1S/C28H33ClN2O7/c1-11(32)17-24(35)21(30(5)6)16-8-12-7-13-19(23(34)18(12)26(37)28(16,38)25(17)36)22(33)15-10-31(27(2,3)4)9-14(15)20(13)29/h12,16,21,33-34,36,38H,7-10H2,1-6H3/t12-,16-,21-,28+/m0/s1. The maximum absolute atomic E-state index is 14.0. The third kappa shape index (κ3) is 3.38. The third-order valence-electron chi connectivity index (χ3n) is 8.78. The topological polar surface area (TPSA) is 139 Å². The minimum Gasteiger partial charge on any atom is -0.508 e.